The van der Waals surface area contributed by atoms with E-state index in [2.05, 4.69) is 25.4 Å². The summed E-state index contributed by atoms with van der Waals surface area (Å²) in [7, 11) is 0. The predicted molar refractivity (Wildman–Crippen MR) is 125 cm³/mol. The molecule has 4 rings (SSSR count). The molecule has 3 aromatic rings. The second kappa shape index (κ2) is 9.82. The first kappa shape index (κ1) is 21.8. The zero-order chi connectivity index (χ0) is 22.5. The molecular weight excluding hydrogens is 428 g/mol. The molecule has 0 bridgehead atoms. The highest BCUT2D eigenvalue weighted by atomic mass is 35.5. The van der Waals surface area contributed by atoms with Crippen molar-refractivity contribution in [2.24, 2.45) is 0 Å². The maximum atomic E-state index is 13.3. The largest absolute Gasteiger partial charge is 0.326 e. The van der Waals surface area contributed by atoms with Gasteiger partial charge >= 0.3 is 6.03 Å². The van der Waals surface area contributed by atoms with Crippen molar-refractivity contribution in [1.29, 1.82) is 0 Å². The minimum Gasteiger partial charge on any atom is -0.326 e. The average molecular weight is 453 g/mol. The van der Waals surface area contributed by atoms with Crippen molar-refractivity contribution in [2.75, 3.05) is 15.5 Å². The summed E-state index contributed by atoms with van der Waals surface area (Å²) < 4.78 is 2.12. The number of aromatic nitrogens is 3. The van der Waals surface area contributed by atoms with E-state index in [4.69, 9.17) is 11.6 Å². The summed E-state index contributed by atoms with van der Waals surface area (Å²) in [6.45, 7) is 2.57. The van der Waals surface area contributed by atoms with Gasteiger partial charge in [-0.1, -0.05) is 24.1 Å². The third kappa shape index (κ3) is 5.26. The van der Waals surface area contributed by atoms with Gasteiger partial charge in [-0.25, -0.2) is 4.79 Å². The average Bonchev–Trinajstić information content (AvgIpc) is 2.98. The third-order valence-corrected chi connectivity index (χ3v) is 5.54. The number of hydrogen-bond acceptors (Lipinski definition) is 4. The molecule has 32 heavy (non-hydrogen) atoms. The molecule has 1 aliphatic rings. The fourth-order valence-corrected chi connectivity index (χ4v) is 3.96. The van der Waals surface area contributed by atoms with Crippen molar-refractivity contribution in [3.8, 4) is 0 Å². The highest BCUT2D eigenvalue weighted by Crippen LogP contribution is 2.23. The van der Waals surface area contributed by atoms with Gasteiger partial charge in [-0.15, -0.1) is 10.2 Å². The highest BCUT2D eigenvalue weighted by molar-refractivity contribution is 6.30. The summed E-state index contributed by atoms with van der Waals surface area (Å²) in [4.78, 5) is 26.2. The van der Waals surface area contributed by atoms with Crippen LogP contribution in [0.4, 0.5) is 21.9 Å². The molecule has 0 aliphatic carbocycles. The lowest BCUT2D eigenvalue weighted by molar-refractivity contribution is -0.114. The first-order chi connectivity index (χ1) is 15.5. The molecule has 0 radical (unpaired) electrons. The number of benzene rings is 2. The van der Waals surface area contributed by atoms with Crippen LogP contribution in [-0.2, 0) is 24.3 Å². The van der Waals surface area contributed by atoms with Crippen molar-refractivity contribution < 1.29 is 9.59 Å². The van der Waals surface area contributed by atoms with Gasteiger partial charge in [-0.2, -0.15) is 0 Å². The van der Waals surface area contributed by atoms with Crippen molar-refractivity contribution >= 4 is 40.6 Å². The molecule has 0 unspecified atom stereocenters. The number of hydrogen-bond donors (Lipinski definition) is 2. The number of carbonyl (C=O) groups is 2. The van der Waals surface area contributed by atoms with Crippen molar-refractivity contribution in [3.63, 3.8) is 0 Å². The molecule has 0 saturated heterocycles. The van der Waals surface area contributed by atoms with Gasteiger partial charge in [0, 0.05) is 42.0 Å². The van der Waals surface area contributed by atoms with Gasteiger partial charge in [0.1, 0.15) is 5.82 Å². The standard InChI is InChI=1S/C23H25ClN6O2/c1-16(31)25-18-9-11-20(12-10-18)30(23(32)26-19-7-5-6-17(24)14-19)15-22-28-27-21-8-3-2-4-13-29(21)22/h5-7,9-12,14H,2-4,8,13,15H2,1H3,(H,25,31)(H,26,32). The van der Waals surface area contributed by atoms with Crippen molar-refractivity contribution in [1.82, 2.24) is 14.8 Å². The van der Waals surface area contributed by atoms with Gasteiger partial charge in [-0.3, -0.25) is 9.69 Å². The van der Waals surface area contributed by atoms with Crippen LogP contribution in [-0.4, -0.2) is 26.7 Å². The van der Waals surface area contributed by atoms with E-state index in [1.807, 2.05) is 0 Å². The van der Waals surface area contributed by atoms with E-state index in [1.54, 1.807) is 53.4 Å². The number of carbonyl (C=O) groups excluding carboxylic acids is 2. The predicted octanol–water partition coefficient (Wildman–Crippen LogP) is 4.86. The molecule has 1 aliphatic heterocycles. The molecule has 3 amide bonds. The summed E-state index contributed by atoms with van der Waals surface area (Å²) in [5.74, 6) is 1.56. The molecule has 0 fully saturated rings. The molecule has 0 atom stereocenters. The number of amides is 3. The minimum atomic E-state index is -0.314. The minimum absolute atomic E-state index is 0.153. The fourth-order valence-electron chi connectivity index (χ4n) is 3.77. The number of halogens is 1. The second-order valence-electron chi connectivity index (χ2n) is 7.75. The first-order valence-electron chi connectivity index (χ1n) is 10.6. The Hall–Kier alpha value is -3.39. The molecule has 9 heteroatoms. The summed E-state index contributed by atoms with van der Waals surface area (Å²) in [6.07, 6.45) is 4.22. The van der Waals surface area contributed by atoms with Crippen LogP contribution in [0, 0.1) is 0 Å². The lowest BCUT2D eigenvalue weighted by atomic mass is 10.2. The zero-order valence-electron chi connectivity index (χ0n) is 17.8. The molecule has 0 saturated carbocycles. The number of nitrogens with zero attached hydrogens (tertiary/aromatic N) is 4. The van der Waals surface area contributed by atoms with Gasteiger partial charge in [0.15, 0.2) is 5.82 Å². The number of urea groups is 1. The van der Waals surface area contributed by atoms with Crippen LogP contribution < -0.4 is 15.5 Å². The zero-order valence-corrected chi connectivity index (χ0v) is 18.6. The van der Waals surface area contributed by atoms with Crippen LogP contribution in [0.15, 0.2) is 48.5 Å². The van der Waals surface area contributed by atoms with Crippen molar-refractivity contribution in [3.05, 3.63) is 65.2 Å². The Morgan fingerprint density at radius 1 is 1.03 bits per heavy atom. The number of anilines is 3. The topological polar surface area (TPSA) is 92.2 Å². The maximum absolute atomic E-state index is 13.3. The Labute approximate surface area is 191 Å². The van der Waals surface area contributed by atoms with E-state index in [1.165, 1.54) is 6.92 Å². The fraction of sp³-hybridized carbons (Fsp3) is 0.304. The van der Waals surface area contributed by atoms with Crippen molar-refractivity contribution in [2.45, 2.75) is 45.7 Å². The van der Waals surface area contributed by atoms with E-state index in [0.29, 0.717) is 22.1 Å². The summed E-state index contributed by atoms with van der Waals surface area (Å²) in [6, 6.07) is 13.8. The number of fused-ring (bicyclic) bond motifs is 1. The molecule has 2 aromatic carbocycles. The lowest BCUT2D eigenvalue weighted by Crippen LogP contribution is -2.35. The SMILES string of the molecule is CC(=O)Nc1ccc(N(Cc2nnc3n2CCCCC3)C(=O)Nc2cccc(Cl)c2)cc1. The Bertz CT molecular complexity index is 1110. The van der Waals surface area contributed by atoms with Gasteiger partial charge in [0.05, 0.1) is 6.54 Å². The molecule has 1 aromatic heterocycles. The molecule has 2 N–H and O–H groups in total. The van der Waals surface area contributed by atoms with E-state index in [9.17, 15) is 9.59 Å². The number of nitrogens with one attached hydrogen (secondary N) is 2. The van der Waals surface area contributed by atoms with E-state index in [0.717, 1.165) is 43.9 Å². The van der Waals surface area contributed by atoms with Gasteiger partial charge in [0.2, 0.25) is 5.91 Å². The Morgan fingerprint density at radius 3 is 2.59 bits per heavy atom. The van der Waals surface area contributed by atoms with E-state index < -0.39 is 0 Å². The van der Waals surface area contributed by atoms with Crippen LogP contribution in [0.5, 0.6) is 0 Å². The Balaban J connectivity index is 1.62. The second-order valence-corrected chi connectivity index (χ2v) is 8.19. The molecule has 8 nitrogen and oxygen atoms in total. The summed E-state index contributed by atoms with van der Waals surface area (Å²) in [5, 5.41) is 14.9. The Kier molecular flexibility index (Phi) is 6.70. The molecule has 2 heterocycles. The van der Waals surface area contributed by atoms with Gasteiger partial charge < -0.3 is 15.2 Å². The van der Waals surface area contributed by atoms with Gasteiger partial charge in [-0.05, 0) is 55.3 Å². The van der Waals surface area contributed by atoms with Crippen LogP contribution in [0.25, 0.3) is 0 Å². The number of aryl methyl sites for hydroxylation is 1. The monoisotopic (exact) mass is 452 g/mol. The van der Waals surface area contributed by atoms with Crippen LogP contribution in [0.2, 0.25) is 5.02 Å². The molecule has 166 valence electrons. The van der Waals surface area contributed by atoms with Crippen LogP contribution in [0.3, 0.4) is 0 Å². The normalized spacial score (nSPS) is 13.1. The molecule has 0 spiro atoms. The first-order valence-corrected chi connectivity index (χ1v) is 11.0. The van der Waals surface area contributed by atoms with E-state index in [-0.39, 0.29) is 18.5 Å². The smallest absolute Gasteiger partial charge is 0.326 e. The molecular formula is C23H25ClN6O2. The highest BCUT2D eigenvalue weighted by Gasteiger charge is 2.22. The maximum Gasteiger partial charge on any atom is 0.326 e. The van der Waals surface area contributed by atoms with E-state index >= 15 is 0 Å². The lowest BCUT2D eigenvalue weighted by Gasteiger charge is -2.23. The third-order valence-electron chi connectivity index (χ3n) is 5.31. The van der Waals surface area contributed by atoms with Gasteiger partial charge in [0.25, 0.3) is 0 Å². The summed E-state index contributed by atoms with van der Waals surface area (Å²) in [5.41, 5.74) is 1.93. The Morgan fingerprint density at radius 2 is 1.84 bits per heavy atom. The quantitative estimate of drug-likeness (QED) is 0.578. The van der Waals surface area contributed by atoms with Crippen LogP contribution in [0.1, 0.15) is 37.8 Å². The summed E-state index contributed by atoms with van der Waals surface area (Å²) >= 11 is 6.07. The van der Waals surface area contributed by atoms with Crippen LogP contribution >= 0.6 is 11.6 Å². The number of rotatable bonds is 5.